The number of aliphatic carboxylic acids is 2. The first-order valence-electron chi connectivity index (χ1n) is 1.86. The standard InChI is InChI=1S/2C2H4O2.4CH4.BrH/c2*1-2(3)4;;;;;/h2*1H3,(H,3,4);4*1H4;1H. The van der Waals surface area contributed by atoms with Gasteiger partial charge in [-0.15, -0.1) is 17.0 Å². The lowest BCUT2D eigenvalue weighted by Gasteiger charge is -1.59. The number of hydrogen-bond donors (Lipinski definition) is 2. The van der Waals surface area contributed by atoms with Gasteiger partial charge in [0.1, 0.15) is 0 Å². The molecule has 5 heteroatoms. The Balaban J connectivity index is -0.00000000800. The van der Waals surface area contributed by atoms with Crippen LogP contribution >= 0.6 is 17.0 Å². The van der Waals surface area contributed by atoms with Crippen LogP contribution in [0, 0.1) is 0 Å². The van der Waals surface area contributed by atoms with Crippen molar-refractivity contribution in [2.45, 2.75) is 43.6 Å². The molecule has 0 unspecified atom stereocenters. The monoisotopic (exact) mass is 264 g/mol. The van der Waals surface area contributed by atoms with Crippen LogP contribution in [0.25, 0.3) is 0 Å². The topological polar surface area (TPSA) is 74.6 Å². The predicted molar refractivity (Wildman–Crippen MR) is 63.9 cm³/mol. The molecule has 4 nitrogen and oxygen atoms in total. The van der Waals surface area contributed by atoms with Crippen LogP contribution in [0.3, 0.4) is 0 Å². The van der Waals surface area contributed by atoms with E-state index in [1.54, 1.807) is 0 Å². The summed E-state index contributed by atoms with van der Waals surface area (Å²) in [5.74, 6) is -1.67. The van der Waals surface area contributed by atoms with Gasteiger partial charge in [0, 0.05) is 13.8 Å². The van der Waals surface area contributed by atoms with Crippen molar-refractivity contribution >= 4 is 28.9 Å². The van der Waals surface area contributed by atoms with Gasteiger partial charge < -0.3 is 10.2 Å². The van der Waals surface area contributed by atoms with E-state index in [9.17, 15) is 0 Å². The molecule has 0 radical (unpaired) electrons. The molecule has 0 aliphatic rings. The van der Waals surface area contributed by atoms with Gasteiger partial charge in [0.2, 0.25) is 0 Å². The van der Waals surface area contributed by atoms with Gasteiger partial charge >= 0.3 is 0 Å². The third-order valence-corrected chi connectivity index (χ3v) is 0. The molecule has 0 aromatic heterocycles. The highest BCUT2D eigenvalue weighted by Gasteiger charge is 1.65. The third-order valence-electron chi connectivity index (χ3n) is 0. The number of hydrogen-bond acceptors (Lipinski definition) is 2. The Bertz CT molecular complexity index is 74.1. The lowest BCUT2D eigenvalue weighted by Crippen LogP contribution is -1.78. The summed E-state index contributed by atoms with van der Waals surface area (Å²) in [6.45, 7) is 2.17. The van der Waals surface area contributed by atoms with Crippen LogP contribution in [0.15, 0.2) is 0 Å². The van der Waals surface area contributed by atoms with E-state index in [0.29, 0.717) is 0 Å². The van der Waals surface area contributed by atoms with Gasteiger partial charge in [-0.05, 0) is 0 Å². The van der Waals surface area contributed by atoms with Crippen LogP contribution in [0.4, 0.5) is 0 Å². The molecule has 0 bridgehead atoms. The van der Waals surface area contributed by atoms with Crippen molar-refractivity contribution in [3.63, 3.8) is 0 Å². The fourth-order valence-corrected chi connectivity index (χ4v) is 0. The number of halogens is 1. The molecule has 2 N–H and O–H groups in total. The SMILES string of the molecule is Br.C.C.C.C.CC(=O)O.CC(=O)O. The highest BCUT2D eigenvalue weighted by molar-refractivity contribution is 8.93. The molecule has 0 atom stereocenters. The van der Waals surface area contributed by atoms with Crippen molar-refractivity contribution in [3.05, 3.63) is 0 Å². The first kappa shape index (κ1) is 55.1. The Morgan fingerprint density at radius 3 is 0.769 bits per heavy atom. The quantitative estimate of drug-likeness (QED) is 0.704. The Labute approximate surface area is 92.7 Å². The van der Waals surface area contributed by atoms with Crippen LogP contribution in [-0.4, -0.2) is 22.2 Å². The van der Waals surface area contributed by atoms with Gasteiger partial charge in [-0.1, -0.05) is 29.7 Å². The number of carboxylic acid groups (broad SMARTS) is 2. The van der Waals surface area contributed by atoms with Crippen LogP contribution in [0.1, 0.15) is 43.6 Å². The van der Waals surface area contributed by atoms with E-state index < -0.39 is 11.9 Å². The van der Waals surface area contributed by atoms with E-state index in [2.05, 4.69) is 0 Å². The molecule has 0 fully saturated rings. The minimum absolute atomic E-state index is 0. The summed E-state index contributed by atoms with van der Waals surface area (Å²) in [5, 5.41) is 14.8. The van der Waals surface area contributed by atoms with Crippen molar-refractivity contribution in [1.29, 1.82) is 0 Å². The first-order valence-corrected chi connectivity index (χ1v) is 1.86. The molecule has 13 heavy (non-hydrogen) atoms. The summed E-state index contributed by atoms with van der Waals surface area (Å²) < 4.78 is 0. The maximum Gasteiger partial charge on any atom is 0.300 e. The van der Waals surface area contributed by atoms with Crippen LogP contribution in [0.5, 0.6) is 0 Å². The Kier molecular flexibility index (Phi) is 179. The molecule has 88 valence electrons. The first-order chi connectivity index (χ1) is 3.46. The Hall–Kier alpha value is -0.580. The Morgan fingerprint density at radius 1 is 0.769 bits per heavy atom. The summed E-state index contributed by atoms with van der Waals surface area (Å²) >= 11 is 0. The zero-order chi connectivity index (χ0) is 7.15. The van der Waals surface area contributed by atoms with Crippen LogP contribution in [0.2, 0.25) is 0 Å². The number of rotatable bonds is 0. The van der Waals surface area contributed by atoms with E-state index in [0.717, 1.165) is 13.8 Å². The minimum atomic E-state index is -0.833. The maximum atomic E-state index is 9.00. The molecule has 0 aliphatic carbocycles. The van der Waals surface area contributed by atoms with E-state index in [1.165, 1.54) is 0 Å². The van der Waals surface area contributed by atoms with Gasteiger partial charge in [0.25, 0.3) is 11.9 Å². The van der Waals surface area contributed by atoms with Crippen molar-refractivity contribution in [3.8, 4) is 0 Å². The second-order valence-corrected chi connectivity index (χ2v) is 1.04. The summed E-state index contributed by atoms with van der Waals surface area (Å²) in [6.07, 6.45) is 0. The summed E-state index contributed by atoms with van der Waals surface area (Å²) in [4.78, 5) is 18.0. The van der Waals surface area contributed by atoms with Crippen molar-refractivity contribution in [2.24, 2.45) is 0 Å². The second-order valence-electron chi connectivity index (χ2n) is 1.04. The lowest BCUT2D eigenvalue weighted by molar-refractivity contribution is -0.135. The minimum Gasteiger partial charge on any atom is -0.481 e. The molecule has 0 aliphatic heterocycles. The lowest BCUT2D eigenvalue weighted by atomic mass is 10.9. The highest BCUT2D eigenvalue weighted by Crippen LogP contribution is 1.42. The summed E-state index contributed by atoms with van der Waals surface area (Å²) in [5.41, 5.74) is 0. The van der Waals surface area contributed by atoms with Crippen molar-refractivity contribution < 1.29 is 19.8 Å². The maximum absolute atomic E-state index is 9.00. The van der Waals surface area contributed by atoms with Gasteiger partial charge in [0.15, 0.2) is 0 Å². The normalized spacial score (nSPS) is 3.85. The van der Waals surface area contributed by atoms with Gasteiger partial charge in [-0.25, -0.2) is 0 Å². The molecule has 0 amide bonds. The fourth-order valence-electron chi connectivity index (χ4n) is 0. The molecule has 0 rings (SSSR count). The molecule has 0 aromatic carbocycles. The molecular weight excluding hydrogens is 240 g/mol. The average Bonchev–Trinajstić information content (AvgIpc) is 1.25. The number of carboxylic acids is 2. The zero-order valence-electron chi connectivity index (χ0n) is 5.12. The van der Waals surface area contributed by atoms with Crippen LogP contribution in [-0.2, 0) is 9.59 Å². The highest BCUT2D eigenvalue weighted by atomic mass is 79.9. The largest absolute Gasteiger partial charge is 0.481 e. The van der Waals surface area contributed by atoms with Gasteiger partial charge in [0.05, 0.1) is 0 Å². The molecule has 0 saturated heterocycles. The van der Waals surface area contributed by atoms with E-state index in [-0.39, 0.29) is 46.7 Å². The Morgan fingerprint density at radius 2 is 0.769 bits per heavy atom. The van der Waals surface area contributed by atoms with Crippen LogP contribution < -0.4 is 0 Å². The predicted octanol–water partition coefficient (Wildman–Crippen LogP) is 3.30. The van der Waals surface area contributed by atoms with Gasteiger partial charge in [-0.3, -0.25) is 9.59 Å². The third kappa shape index (κ3) is 3010. The molecule has 0 heterocycles. The van der Waals surface area contributed by atoms with Crippen molar-refractivity contribution in [1.82, 2.24) is 0 Å². The van der Waals surface area contributed by atoms with E-state index in [1.807, 2.05) is 0 Å². The second kappa shape index (κ2) is 42.2. The smallest absolute Gasteiger partial charge is 0.300 e. The van der Waals surface area contributed by atoms with Gasteiger partial charge in [-0.2, -0.15) is 0 Å². The van der Waals surface area contributed by atoms with E-state index >= 15 is 0 Å². The average molecular weight is 265 g/mol. The summed E-state index contributed by atoms with van der Waals surface area (Å²) in [7, 11) is 0. The molecule has 0 spiro atoms. The molecular formula is C8H25BrO4. The number of carbonyl (C=O) groups is 2. The fraction of sp³-hybridized carbons (Fsp3) is 0.750. The molecule has 0 saturated carbocycles. The van der Waals surface area contributed by atoms with E-state index in [4.69, 9.17) is 19.8 Å². The van der Waals surface area contributed by atoms with Crippen molar-refractivity contribution in [2.75, 3.05) is 0 Å². The summed E-state index contributed by atoms with van der Waals surface area (Å²) in [6, 6.07) is 0. The molecule has 0 aromatic rings. The zero-order valence-corrected chi connectivity index (χ0v) is 6.83.